The summed E-state index contributed by atoms with van der Waals surface area (Å²) in [6.45, 7) is 10.1. The average molecular weight is 942 g/mol. The second-order valence-electron chi connectivity index (χ2n) is 17.3. The minimum absolute atomic E-state index is 0.0393. The first-order valence-electron chi connectivity index (χ1n) is 22.3. The van der Waals surface area contributed by atoms with Gasteiger partial charge in [-0.3, -0.25) is 43.3 Å². The first-order valence-corrected chi connectivity index (χ1v) is 22.3. The molecular formula is C41H75N13O12. The first kappa shape index (κ1) is 58.4. The lowest BCUT2D eigenvalue weighted by molar-refractivity contribution is -0.143. The third-order valence-corrected chi connectivity index (χ3v) is 10.9. The van der Waals surface area contributed by atoms with Gasteiger partial charge in [-0.25, -0.2) is 4.79 Å². The summed E-state index contributed by atoms with van der Waals surface area (Å²) >= 11 is 0. The summed E-state index contributed by atoms with van der Waals surface area (Å²) in [5, 5.41) is 46.7. The molecule has 18 N–H and O–H groups in total. The summed E-state index contributed by atoms with van der Waals surface area (Å²) in [6.07, 6.45) is 1.78. The second kappa shape index (κ2) is 29.1. The number of carbonyl (C=O) groups excluding carboxylic acids is 8. The number of hydrogen-bond donors (Lipinski definition) is 14. The fourth-order valence-electron chi connectivity index (χ4n) is 6.75. The molecule has 25 heteroatoms. The van der Waals surface area contributed by atoms with Crippen molar-refractivity contribution in [1.29, 1.82) is 0 Å². The SMILES string of the molecule is CC(C)[C@H](N)C(=O)N[C@H](C(=O)N[C@@H](CCCN=C(N)N)C(=O)N1CCC[C@H]1C(=O)N[C@@H](CO)C(=O)N[C@H](C(=O)N[C@@H](C)C(=O)N[C@@H](CO)C(=O)N[C@@H](CCCCN)C(=O)O)C(C)C)C(C)C. The smallest absolute Gasteiger partial charge is 0.326 e. The van der Waals surface area contributed by atoms with Crippen LogP contribution in [-0.2, 0) is 43.2 Å². The number of unbranched alkanes of at least 4 members (excludes halogenated alkanes) is 1. The van der Waals surface area contributed by atoms with Crippen LogP contribution in [0.5, 0.6) is 0 Å². The van der Waals surface area contributed by atoms with E-state index in [0.717, 1.165) is 0 Å². The molecule has 1 fully saturated rings. The number of aliphatic hydroxyl groups is 2. The molecule has 1 saturated heterocycles. The van der Waals surface area contributed by atoms with Crippen molar-refractivity contribution in [3.05, 3.63) is 0 Å². The van der Waals surface area contributed by atoms with Gasteiger partial charge in [0, 0.05) is 13.1 Å². The number of aliphatic imine (C=N–C) groups is 1. The van der Waals surface area contributed by atoms with E-state index in [1.807, 2.05) is 0 Å². The van der Waals surface area contributed by atoms with Crippen LogP contribution in [0.1, 0.15) is 93.4 Å². The molecule has 9 atom stereocenters. The van der Waals surface area contributed by atoms with E-state index in [1.165, 1.54) is 11.8 Å². The highest BCUT2D eigenvalue weighted by Crippen LogP contribution is 2.21. The molecule has 0 aliphatic carbocycles. The molecule has 0 aromatic carbocycles. The summed E-state index contributed by atoms with van der Waals surface area (Å²) in [5.74, 6) is -9.14. The molecule has 376 valence electrons. The second-order valence-corrected chi connectivity index (χ2v) is 17.3. The van der Waals surface area contributed by atoms with Gasteiger partial charge < -0.3 is 80.4 Å². The molecule has 0 aromatic rings. The minimum atomic E-state index is -1.61. The molecule has 1 aliphatic rings. The van der Waals surface area contributed by atoms with Gasteiger partial charge in [0.2, 0.25) is 47.3 Å². The summed E-state index contributed by atoms with van der Waals surface area (Å²) in [4.78, 5) is 124. The van der Waals surface area contributed by atoms with Gasteiger partial charge in [0.05, 0.1) is 19.3 Å². The van der Waals surface area contributed by atoms with Gasteiger partial charge in [-0.15, -0.1) is 0 Å². The highest BCUT2D eigenvalue weighted by molar-refractivity contribution is 5.98. The van der Waals surface area contributed by atoms with Crippen molar-refractivity contribution in [3.8, 4) is 0 Å². The van der Waals surface area contributed by atoms with E-state index in [0.29, 0.717) is 25.8 Å². The largest absolute Gasteiger partial charge is 0.480 e. The Labute approximate surface area is 385 Å². The zero-order valence-electron chi connectivity index (χ0n) is 39.1. The van der Waals surface area contributed by atoms with Crippen LogP contribution in [0.3, 0.4) is 0 Å². The van der Waals surface area contributed by atoms with E-state index in [-0.39, 0.29) is 50.7 Å². The van der Waals surface area contributed by atoms with Gasteiger partial charge in [0.15, 0.2) is 5.96 Å². The van der Waals surface area contributed by atoms with Gasteiger partial charge in [-0.1, -0.05) is 41.5 Å². The molecule has 0 aromatic heterocycles. The summed E-state index contributed by atoms with van der Waals surface area (Å²) in [5.41, 5.74) is 22.4. The van der Waals surface area contributed by atoms with Gasteiger partial charge in [0.1, 0.15) is 48.3 Å². The number of rotatable bonds is 29. The molecule has 0 bridgehead atoms. The van der Waals surface area contributed by atoms with Crippen molar-refractivity contribution in [2.24, 2.45) is 45.7 Å². The van der Waals surface area contributed by atoms with E-state index in [2.05, 4.69) is 42.2 Å². The molecule has 8 amide bonds. The molecule has 66 heavy (non-hydrogen) atoms. The monoisotopic (exact) mass is 942 g/mol. The standard InChI is InChI=1S/C41H75N13O12/c1-20(2)29(43)36(61)53-31(22(5)6)38(63)48-24(13-10-16-46-41(44)45)39(64)54-17-11-14-28(54)35(60)51-27(19-56)34(59)52-30(21(3)4)37(62)47-23(7)32(57)50-26(18-55)33(58)49-25(40(65)66)12-8-9-15-42/h20-31,55-56H,8-19,42-43H2,1-7H3,(H,47,62)(H,48,63)(H,49,58)(H,50,57)(H,51,60)(H,52,59)(H,53,61)(H,65,66)(H4,44,45,46)/t23-,24-,25-,26-,27-,28-,29-,30-,31-/m0/s1. The predicted molar refractivity (Wildman–Crippen MR) is 241 cm³/mol. The maximum atomic E-state index is 14.2. The van der Waals surface area contributed by atoms with Crippen LogP contribution in [0, 0.1) is 17.8 Å². The number of nitrogens with one attached hydrogen (secondary N) is 7. The van der Waals surface area contributed by atoms with Crippen LogP contribution in [0.2, 0.25) is 0 Å². The average Bonchev–Trinajstić information content (AvgIpc) is 3.75. The zero-order chi connectivity index (χ0) is 50.4. The van der Waals surface area contributed by atoms with Gasteiger partial charge in [-0.2, -0.15) is 0 Å². The maximum absolute atomic E-state index is 14.2. The molecule has 1 rings (SSSR count). The molecular weight excluding hydrogens is 867 g/mol. The van der Waals surface area contributed by atoms with Crippen LogP contribution in [0.25, 0.3) is 0 Å². The Balaban J connectivity index is 3.13. The minimum Gasteiger partial charge on any atom is -0.480 e. The van der Waals surface area contributed by atoms with Gasteiger partial charge in [0.25, 0.3) is 0 Å². The number of amides is 8. The fourth-order valence-corrected chi connectivity index (χ4v) is 6.75. The highest BCUT2D eigenvalue weighted by Gasteiger charge is 2.40. The first-order chi connectivity index (χ1) is 30.9. The van der Waals surface area contributed by atoms with Crippen molar-refractivity contribution in [3.63, 3.8) is 0 Å². The number of carboxylic acid groups (broad SMARTS) is 1. The van der Waals surface area contributed by atoms with Crippen molar-refractivity contribution in [2.75, 3.05) is 32.8 Å². The number of nitrogens with two attached hydrogens (primary N) is 4. The lowest BCUT2D eigenvalue weighted by atomic mass is 9.99. The topological polar surface area (TPSA) is 418 Å². The normalized spacial score (nSPS) is 17.2. The molecule has 0 saturated carbocycles. The van der Waals surface area contributed by atoms with E-state index in [1.54, 1.807) is 41.5 Å². The van der Waals surface area contributed by atoms with Crippen LogP contribution < -0.4 is 60.2 Å². The lowest BCUT2D eigenvalue weighted by Gasteiger charge is -2.31. The number of nitrogens with zero attached hydrogens (tertiary/aromatic N) is 2. The number of aliphatic hydroxyl groups excluding tert-OH is 2. The Kier molecular flexibility index (Phi) is 25.7. The lowest BCUT2D eigenvalue weighted by Crippen LogP contribution is -2.61. The number of carbonyl (C=O) groups is 9. The molecule has 0 radical (unpaired) electrons. The van der Waals surface area contributed by atoms with Gasteiger partial charge in [-0.05, 0) is 76.2 Å². The number of aliphatic carboxylic acids is 1. The van der Waals surface area contributed by atoms with Crippen LogP contribution in [0.15, 0.2) is 4.99 Å². The van der Waals surface area contributed by atoms with E-state index in [9.17, 15) is 58.5 Å². The number of carboxylic acids is 1. The highest BCUT2D eigenvalue weighted by atomic mass is 16.4. The third kappa shape index (κ3) is 19.1. The van der Waals surface area contributed by atoms with Crippen LogP contribution in [0.4, 0.5) is 0 Å². The summed E-state index contributed by atoms with van der Waals surface area (Å²) < 4.78 is 0. The van der Waals surface area contributed by atoms with Crippen molar-refractivity contribution in [1.82, 2.24) is 42.1 Å². The summed E-state index contributed by atoms with van der Waals surface area (Å²) in [7, 11) is 0. The van der Waals surface area contributed by atoms with E-state index >= 15 is 0 Å². The number of guanidine groups is 1. The Morgan fingerprint density at radius 3 is 1.64 bits per heavy atom. The number of likely N-dealkylation sites (tertiary alicyclic amines) is 1. The van der Waals surface area contributed by atoms with Crippen molar-refractivity contribution < 1.29 is 58.5 Å². The molecule has 0 unspecified atom stereocenters. The Morgan fingerprint density at radius 2 is 1.12 bits per heavy atom. The third-order valence-electron chi connectivity index (χ3n) is 10.9. The molecule has 0 spiro atoms. The number of hydrogen-bond acceptors (Lipinski definition) is 14. The molecule has 1 heterocycles. The quantitative estimate of drug-likeness (QED) is 0.0190. The maximum Gasteiger partial charge on any atom is 0.326 e. The van der Waals surface area contributed by atoms with Crippen molar-refractivity contribution in [2.45, 2.75) is 148 Å². The van der Waals surface area contributed by atoms with Crippen LogP contribution >= 0.6 is 0 Å². The predicted octanol–water partition coefficient (Wildman–Crippen LogP) is -5.06. The Bertz CT molecular complexity index is 1690. The Hall–Kier alpha value is -5.66. The van der Waals surface area contributed by atoms with Crippen molar-refractivity contribution >= 4 is 59.2 Å². The molecule has 1 aliphatic heterocycles. The fraction of sp³-hybridized carbons (Fsp3) is 0.756. The molecule has 25 nitrogen and oxygen atoms in total. The van der Waals surface area contributed by atoms with E-state index < -0.39 is 133 Å². The van der Waals surface area contributed by atoms with E-state index in [4.69, 9.17) is 22.9 Å². The van der Waals surface area contributed by atoms with Gasteiger partial charge >= 0.3 is 5.97 Å². The van der Waals surface area contributed by atoms with Crippen LogP contribution in [-0.4, -0.2) is 167 Å². The zero-order valence-corrected chi connectivity index (χ0v) is 39.1. The Morgan fingerprint density at radius 1 is 0.621 bits per heavy atom. The summed E-state index contributed by atoms with van der Waals surface area (Å²) in [6, 6.07) is -11.4.